The van der Waals surface area contributed by atoms with Gasteiger partial charge in [-0.15, -0.1) is 0 Å². The summed E-state index contributed by atoms with van der Waals surface area (Å²) in [5, 5.41) is 0.369. The largest absolute Gasteiger partial charge is 0.239 e. The average molecular weight is 190 g/mol. The van der Waals surface area contributed by atoms with Crippen molar-refractivity contribution >= 4 is 28.1 Å². The normalized spacial score (nSPS) is 10.2. The second-order valence-corrected chi connectivity index (χ2v) is 4.12. The van der Waals surface area contributed by atoms with Crippen molar-refractivity contribution in [2.45, 2.75) is 0 Å². The first kappa shape index (κ1) is 8.62. The molecule has 1 aromatic heterocycles. The van der Waals surface area contributed by atoms with Gasteiger partial charge in [0.2, 0.25) is 0 Å². The van der Waals surface area contributed by atoms with E-state index in [4.69, 9.17) is 11.6 Å². The quantitative estimate of drug-likeness (QED) is 0.676. The summed E-state index contributed by atoms with van der Waals surface area (Å²) in [5.41, 5.74) is 0. The fourth-order valence-corrected chi connectivity index (χ4v) is 1.22. The molecule has 0 radical (unpaired) electrons. The molecular weight excluding hydrogens is 182 g/mol. The lowest BCUT2D eigenvalue weighted by atomic mass is 10.7. The van der Waals surface area contributed by atoms with Crippen LogP contribution in [0.2, 0.25) is 5.15 Å². The molecular formula is C6H8ClN3S. The molecule has 0 bridgehead atoms. The second kappa shape index (κ2) is 3.78. The van der Waals surface area contributed by atoms with Gasteiger partial charge in [-0.1, -0.05) is 22.3 Å². The van der Waals surface area contributed by atoms with Crippen molar-refractivity contribution in [2.24, 2.45) is 4.36 Å². The van der Waals surface area contributed by atoms with E-state index in [0.29, 0.717) is 11.0 Å². The Balaban J connectivity index is 3.04. The zero-order valence-corrected chi connectivity index (χ0v) is 7.85. The predicted molar refractivity (Wildman–Crippen MR) is 48.3 cm³/mol. The van der Waals surface area contributed by atoms with Gasteiger partial charge in [0, 0.05) is 12.4 Å². The van der Waals surface area contributed by atoms with Crippen LogP contribution in [0, 0.1) is 0 Å². The van der Waals surface area contributed by atoms with Crippen molar-refractivity contribution in [1.29, 1.82) is 0 Å². The number of hydrogen-bond donors (Lipinski definition) is 0. The summed E-state index contributed by atoms with van der Waals surface area (Å²) in [6.45, 7) is 0. The fourth-order valence-electron chi connectivity index (χ4n) is 0.548. The van der Waals surface area contributed by atoms with Crippen LogP contribution in [0.5, 0.6) is 0 Å². The maximum atomic E-state index is 5.71. The molecule has 5 heteroatoms. The summed E-state index contributed by atoms with van der Waals surface area (Å²) in [4.78, 5) is 7.81. The summed E-state index contributed by atoms with van der Waals surface area (Å²) >= 11 is 5.71. The van der Waals surface area contributed by atoms with Gasteiger partial charge in [0.1, 0.15) is 0 Å². The lowest BCUT2D eigenvalue weighted by Crippen LogP contribution is -1.82. The smallest absolute Gasteiger partial charge is 0.196 e. The Morgan fingerprint density at radius 3 is 2.55 bits per heavy atom. The molecule has 0 N–H and O–H groups in total. The van der Waals surface area contributed by atoms with Gasteiger partial charge in [0.05, 0.1) is 0 Å². The molecule has 0 fully saturated rings. The monoisotopic (exact) mass is 189 g/mol. The summed E-state index contributed by atoms with van der Waals surface area (Å²) in [7, 11) is -0.0388. The van der Waals surface area contributed by atoms with Gasteiger partial charge < -0.3 is 0 Å². The minimum Gasteiger partial charge on any atom is -0.239 e. The Bertz CT molecular complexity index is 283. The van der Waals surface area contributed by atoms with Crippen LogP contribution >= 0.6 is 11.6 Å². The van der Waals surface area contributed by atoms with Crippen LogP contribution in [-0.4, -0.2) is 22.5 Å². The van der Waals surface area contributed by atoms with Gasteiger partial charge in [0.15, 0.2) is 11.0 Å². The third kappa shape index (κ3) is 2.55. The summed E-state index contributed by atoms with van der Waals surface area (Å²) in [5.74, 6) is 0.530. The van der Waals surface area contributed by atoms with Crippen molar-refractivity contribution < 1.29 is 0 Å². The Hall–Kier alpha value is -0.480. The van der Waals surface area contributed by atoms with Gasteiger partial charge >= 0.3 is 0 Å². The van der Waals surface area contributed by atoms with E-state index in [-0.39, 0.29) is 10.7 Å². The molecule has 60 valence electrons. The zero-order valence-electron chi connectivity index (χ0n) is 6.28. The summed E-state index contributed by atoms with van der Waals surface area (Å²) in [6, 6.07) is 0. The molecule has 1 aromatic rings. The summed E-state index contributed by atoms with van der Waals surface area (Å²) < 4.78 is 4.18. The first-order valence-corrected chi connectivity index (χ1v) is 5.33. The number of rotatable bonds is 1. The van der Waals surface area contributed by atoms with Crippen molar-refractivity contribution in [3.63, 3.8) is 0 Å². The van der Waals surface area contributed by atoms with Crippen molar-refractivity contribution in [2.75, 3.05) is 12.5 Å². The molecule has 0 aliphatic carbocycles. The third-order valence-electron chi connectivity index (χ3n) is 0.905. The maximum Gasteiger partial charge on any atom is 0.196 e. The third-order valence-corrected chi connectivity index (χ3v) is 1.71. The summed E-state index contributed by atoms with van der Waals surface area (Å²) in [6.07, 6.45) is 7.11. The topological polar surface area (TPSA) is 38.1 Å². The minimum absolute atomic E-state index is 0.0388. The lowest BCUT2D eigenvalue weighted by molar-refractivity contribution is 1.18. The molecule has 1 heterocycles. The van der Waals surface area contributed by atoms with E-state index in [1.165, 1.54) is 0 Å². The van der Waals surface area contributed by atoms with Crippen LogP contribution in [0.3, 0.4) is 0 Å². The molecule has 3 nitrogen and oxygen atoms in total. The second-order valence-electron chi connectivity index (χ2n) is 2.04. The highest BCUT2D eigenvalue weighted by atomic mass is 35.5. The van der Waals surface area contributed by atoms with Crippen LogP contribution in [0.15, 0.2) is 16.8 Å². The van der Waals surface area contributed by atoms with Gasteiger partial charge in [-0.3, -0.25) is 0 Å². The Labute approximate surface area is 72.9 Å². The van der Waals surface area contributed by atoms with Crippen molar-refractivity contribution in [3.8, 4) is 0 Å². The molecule has 0 aliphatic rings. The van der Waals surface area contributed by atoms with E-state index < -0.39 is 0 Å². The highest BCUT2D eigenvalue weighted by Crippen LogP contribution is 2.17. The molecule has 0 atom stereocenters. The number of hydrogen-bond acceptors (Lipinski definition) is 3. The maximum absolute atomic E-state index is 5.71. The van der Waals surface area contributed by atoms with Crippen LogP contribution in [0.25, 0.3) is 0 Å². The number of halogens is 1. The first-order valence-electron chi connectivity index (χ1n) is 2.96. The highest BCUT2D eigenvalue weighted by Gasteiger charge is 1.97. The predicted octanol–water partition coefficient (Wildman–Crippen LogP) is 1.82. The highest BCUT2D eigenvalue weighted by molar-refractivity contribution is 7.85. The van der Waals surface area contributed by atoms with E-state index in [1.807, 2.05) is 12.5 Å². The van der Waals surface area contributed by atoms with E-state index in [9.17, 15) is 0 Å². The van der Waals surface area contributed by atoms with Crippen LogP contribution in [0.4, 0.5) is 5.82 Å². The van der Waals surface area contributed by atoms with E-state index in [0.717, 1.165) is 0 Å². The van der Waals surface area contributed by atoms with E-state index >= 15 is 0 Å². The molecule has 1 rings (SSSR count). The van der Waals surface area contributed by atoms with Gasteiger partial charge in [0.25, 0.3) is 0 Å². The van der Waals surface area contributed by atoms with Gasteiger partial charge in [-0.25, -0.2) is 14.3 Å². The first-order chi connectivity index (χ1) is 5.20. The average Bonchev–Trinajstić information content (AvgIpc) is 1.93. The molecule has 0 aromatic carbocycles. The number of aromatic nitrogens is 2. The van der Waals surface area contributed by atoms with Gasteiger partial charge in [-0.05, 0) is 12.5 Å². The molecule has 0 saturated carbocycles. The minimum atomic E-state index is -0.0388. The van der Waals surface area contributed by atoms with E-state index in [2.05, 4.69) is 14.3 Å². The fraction of sp³-hybridized carbons (Fsp3) is 0.333. The Morgan fingerprint density at radius 2 is 2.00 bits per heavy atom. The van der Waals surface area contributed by atoms with E-state index in [1.54, 1.807) is 12.4 Å². The molecule has 0 amide bonds. The lowest BCUT2D eigenvalue weighted by Gasteiger charge is -1.94. The molecule has 0 aliphatic heterocycles. The molecule has 0 unspecified atom stereocenters. The molecule has 11 heavy (non-hydrogen) atoms. The number of nitrogens with zero attached hydrogens (tertiary/aromatic N) is 3. The SMILES string of the molecule is CS(C)=Nc1nccnc1Cl. The Morgan fingerprint density at radius 1 is 1.36 bits per heavy atom. The van der Waals surface area contributed by atoms with Crippen molar-refractivity contribution in [1.82, 2.24) is 9.97 Å². The van der Waals surface area contributed by atoms with Crippen LogP contribution < -0.4 is 0 Å². The van der Waals surface area contributed by atoms with Gasteiger partial charge in [-0.2, -0.15) is 0 Å². The zero-order chi connectivity index (χ0) is 8.27. The van der Waals surface area contributed by atoms with Crippen LogP contribution in [0.1, 0.15) is 0 Å². The molecule has 0 saturated heterocycles. The van der Waals surface area contributed by atoms with Crippen molar-refractivity contribution in [3.05, 3.63) is 17.5 Å². The Kier molecular flexibility index (Phi) is 2.96. The molecule has 0 spiro atoms. The standard InChI is InChI=1S/C6H8ClN3S/c1-11(2)10-6-5(7)8-3-4-9-6/h3-4H,1-2H3. The van der Waals surface area contributed by atoms with Crippen LogP contribution in [-0.2, 0) is 10.7 Å².